The topological polar surface area (TPSA) is 123 Å². The van der Waals surface area contributed by atoms with E-state index in [1.54, 1.807) is 34.9 Å². The number of amides is 1. The molecule has 0 atom stereocenters. The minimum Gasteiger partial charge on any atom is -0.478 e. The molecule has 0 aromatic carbocycles. The van der Waals surface area contributed by atoms with Gasteiger partial charge < -0.3 is 14.2 Å². The van der Waals surface area contributed by atoms with Crippen molar-refractivity contribution in [1.29, 1.82) is 0 Å². The Balaban J connectivity index is 1.43. The molecule has 1 saturated carbocycles. The number of carbonyl (C=O) groups is 1. The Hall–Kier alpha value is -2.92. The van der Waals surface area contributed by atoms with Crippen LogP contribution in [0.15, 0.2) is 35.3 Å². The van der Waals surface area contributed by atoms with Gasteiger partial charge in [0, 0.05) is 38.3 Å². The van der Waals surface area contributed by atoms with E-state index in [1.165, 1.54) is 23.8 Å². The van der Waals surface area contributed by atoms with Gasteiger partial charge in [-0.3, -0.25) is 18.5 Å². The average Bonchev–Trinajstić information content (AvgIpc) is 3.34. The predicted octanol–water partition coefficient (Wildman–Crippen LogP) is 2.88. The maximum absolute atomic E-state index is 12.9. The molecule has 1 fully saturated rings. The highest BCUT2D eigenvalue weighted by molar-refractivity contribution is 7.85. The van der Waals surface area contributed by atoms with Gasteiger partial charge in [-0.1, -0.05) is 19.3 Å². The fraction of sp³-hybridized carbons (Fsp3) is 0.542. The summed E-state index contributed by atoms with van der Waals surface area (Å²) in [7, 11) is -2.22. The van der Waals surface area contributed by atoms with Crippen LogP contribution < -0.4 is 10.3 Å². The molecule has 1 aliphatic carbocycles. The molecule has 0 spiro atoms. The van der Waals surface area contributed by atoms with Crippen molar-refractivity contribution in [3.63, 3.8) is 0 Å². The van der Waals surface area contributed by atoms with E-state index < -0.39 is 15.9 Å². The van der Waals surface area contributed by atoms with Crippen molar-refractivity contribution >= 4 is 32.7 Å². The van der Waals surface area contributed by atoms with Crippen LogP contribution in [-0.2, 0) is 21.5 Å². The highest BCUT2D eigenvalue weighted by Crippen LogP contribution is 2.22. The molecule has 10 nitrogen and oxygen atoms in total. The summed E-state index contributed by atoms with van der Waals surface area (Å²) in [5.74, 6) is 0.0785. The highest BCUT2D eigenvalue weighted by Gasteiger charge is 2.21. The summed E-state index contributed by atoms with van der Waals surface area (Å²) >= 11 is 0. The van der Waals surface area contributed by atoms with Gasteiger partial charge in [-0.15, -0.1) is 0 Å². The zero-order chi connectivity index (χ0) is 25.0. The number of rotatable bonds is 10. The summed E-state index contributed by atoms with van der Waals surface area (Å²) in [5.41, 5.74) is 1.17. The number of pyridine rings is 1. The molecule has 3 aromatic heterocycles. The van der Waals surface area contributed by atoms with Crippen molar-refractivity contribution < 1.29 is 22.5 Å². The Morgan fingerprint density at radius 3 is 2.69 bits per heavy atom. The molecular formula is C24H32N4O6S. The number of carbonyl (C=O) groups excluding carboxylic acids is 1. The Labute approximate surface area is 204 Å². The first-order chi connectivity index (χ1) is 16.7. The smallest absolute Gasteiger partial charge is 0.275 e. The molecule has 1 N–H and O–H groups in total. The monoisotopic (exact) mass is 504 g/mol. The summed E-state index contributed by atoms with van der Waals surface area (Å²) in [6, 6.07) is 7.13. The lowest BCUT2D eigenvalue weighted by Gasteiger charge is -2.31. The van der Waals surface area contributed by atoms with E-state index in [9.17, 15) is 18.0 Å². The van der Waals surface area contributed by atoms with E-state index in [0.717, 1.165) is 12.8 Å². The van der Waals surface area contributed by atoms with E-state index in [2.05, 4.69) is 4.98 Å². The van der Waals surface area contributed by atoms with Gasteiger partial charge in [0.05, 0.1) is 17.9 Å². The molecule has 0 aliphatic heterocycles. The van der Waals surface area contributed by atoms with Crippen LogP contribution >= 0.6 is 0 Å². The van der Waals surface area contributed by atoms with Crippen LogP contribution in [0.4, 0.5) is 0 Å². The summed E-state index contributed by atoms with van der Waals surface area (Å²) in [6.45, 7) is 0.459. The predicted molar refractivity (Wildman–Crippen MR) is 132 cm³/mol. The van der Waals surface area contributed by atoms with E-state index in [-0.39, 0.29) is 24.4 Å². The standard InChI is InChI=1S/C24H32N4O6S/c1-26(18-8-3-2-4-9-18)22(29)11-6-16-34-21-13-12-19-23(25-21)27-14-5-10-20(27)24(30)28(19)15-7-17-35(31,32)33/h5,10,12-14,18H,2-4,6-9,11,15-17H2,1H3,(H,31,32,33). The average molecular weight is 505 g/mol. The molecule has 190 valence electrons. The summed E-state index contributed by atoms with van der Waals surface area (Å²) in [6.07, 6.45) is 8.58. The van der Waals surface area contributed by atoms with Crippen molar-refractivity contribution in [3.05, 3.63) is 40.8 Å². The molecular weight excluding hydrogens is 472 g/mol. The molecule has 3 aromatic rings. The van der Waals surface area contributed by atoms with Crippen LogP contribution in [0.3, 0.4) is 0 Å². The fourth-order valence-electron chi connectivity index (χ4n) is 4.76. The van der Waals surface area contributed by atoms with Gasteiger partial charge in [0.1, 0.15) is 5.52 Å². The number of hydrogen-bond donors (Lipinski definition) is 1. The number of aryl methyl sites for hydroxylation is 1. The van der Waals surface area contributed by atoms with E-state index in [0.29, 0.717) is 48.1 Å². The molecule has 1 aliphatic rings. The van der Waals surface area contributed by atoms with Gasteiger partial charge in [-0.2, -0.15) is 13.4 Å². The van der Waals surface area contributed by atoms with Gasteiger partial charge in [0.25, 0.3) is 15.7 Å². The fourth-order valence-corrected chi connectivity index (χ4v) is 5.25. The Kier molecular flexibility index (Phi) is 7.75. The SMILES string of the molecule is CN(C(=O)CCCOc1ccc2c(n1)n1cccc1c(=O)n2CCCS(=O)(=O)O)C1CCCCC1. The molecule has 0 radical (unpaired) electrons. The van der Waals surface area contributed by atoms with E-state index >= 15 is 0 Å². The maximum atomic E-state index is 12.9. The molecule has 11 heteroatoms. The number of hydrogen-bond acceptors (Lipinski definition) is 6. The van der Waals surface area contributed by atoms with E-state index in [1.807, 2.05) is 11.9 Å². The molecule has 0 bridgehead atoms. The van der Waals surface area contributed by atoms with Gasteiger partial charge in [-0.25, -0.2) is 0 Å². The third-order valence-corrected chi connectivity index (χ3v) is 7.45. The van der Waals surface area contributed by atoms with Gasteiger partial charge >= 0.3 is 0 Å². The summed E-state index contributed by atoms with van der Waals surface area (Å²) in [5, 5.41) is 0. The highest BCUT2D eigenvalue weighted by atomic mass is 32.2. The lowest BCUT2D eigenvalue weighted by Crippen LogP contribution is -2.38. The molecule has 1 amide bonds. The number of fused-ring (bicyclic) bond motifs is 3. The van der Waals surface area contributed by atoms with E-state index in [4.69, 9.17) is 9.29 Å². The van der Waals surface area contributed by atoms with Gasteiger partial charge in [0.15, 0.2) is 5.65 Å². The first-order valence-corrected chi connectivity index (χ1v) is 13.7. The quantitative estimate of drug-likeness (QED) is 0.333. The Morgan fingerprint density at radius 2 is 1.94 bits per heavy atom. The molecule has 0 saturated heterocycles. The lowest BCUT2D eigenvalue weighted by atomic mass is 9.94. The summed E-state index contributed by atoms with van der Waals surface area (Å²) < 4.78 is 40.1. The van der Waals surface area contributed by atoms with Crippen molar-refractivity contribution in [2.45, 2.75) is 64.0 Å². The molecule has 3 heterocycles. The van der Waals surface area contributed by atoms with Gasteiger partial charge in [0.2, 0.25) is 11.8 Å². The zero-order valence-corrected chi connectivity index (χ0v) is 20.7. The van der Waals surface area contributed by atoms with Crippen LogP contribution in [0.1, 0.15) is 51.4 Å². The minimum atomic E-state index is -4.11. The zero-order valence-electron chi connectivity index (χ0n) is 19.9. The largest absolute Gasteiger partial charge is 0.478 e. The summed E-state index contributed by atoms with van der Waals surface area (Å²) in [4.78, 5) is 31.9. The third-order valence-electron chi connectivity index (χ3n) is 6.65. The lowest BCUT2D eigenvalue weighted by molar-refractivity contribution is -0.132. The third kappa shape index (κ3) is 6.02. The van der Waals surface area contributed by atoms with Crippen molar-refractivity contribution in [1.82, 2.24) is 18.9 Å². The number of aromatic nitrogens is 3. The number of nitrogens with zero attached hydrogens (tertiary/aromatic N) is 4. The Morgan fingerprint density at radius 1 is 1.17 bits per heavy atom. The number of ether oxygens (including phenoxy) is 1. The molecule has 4 rings (SSSR count). The van der Waals surface area contributed by atoms with Crippen LogP contribution in [0, 0.1) is 0 Å². The second-order valence-electron chi connectivity index (χ2n) is 9.10. The van der Waals surface area contributed by atoms with Crippen LogP contribution in [0.2, 0.25) is 0 Å². The second kappa shape index (κ2) is 10.8. The van der Waals surface area contributed by atoms with Gasteiger partial charge in [-0.05, 0) is 43.9 Å². The second-order valence-corrected chi connectivity index (χ2v) is 10.7. The molecule has 35 heavy (non-hydrogen) atoms. The molecule has 0 unspecified atom stereocenters. The normalized spacial score (nSPS) is 15.0. The minimum absolute atomic E-state index is 0.0896. The van der Waals surface area contributed by atoms with Crippen molar-refractivity contribution in [2.75, 3.05) is 19.4 Å². The van der Waals surface area contributed by atoms with Crippen LogP contribution in [0.5, 0.6) is 5.88 Å². The van der Waals surface area contributed by atoms with Crippen LogP contribution in [-0.4, -0.2) is 63.2 Å². The first kappa shape index (κ1) is 25.2. The first-order valence-electron chi connectivity index (χ1n) is 12.1. The van der Waals surface area contributed by atoms with Crippen molar-refractivity contribution in [3.8, 4) is 5.88 Å². The Bertz CT molecular complexity index is 1360. The van der Waals surface area contributed by atoms with Crippen molar-refractivity contribution in [2.24, 2.45) is 0 Å². The van der Waals surface area contributed by atoms with Crippen LogP contribution in [0.25, 0.3) is 16.7 Å². The maximum Gasteiger partial charge on any atom is 0.275 e.